The molecule has 0 aromatic heterocycles. The number of rotatable bonds is 4. The molecule has 0 amide bonds. The molecule has 1 aromatic carbocycles. The largest absolute Gasteiger partial charge is 0.466 e. The number of benzene rings is 1. The zero-order valence-corrected chi connectivity index (χ0v) is 11.8. The lowest BCUT2D eigenvalue weighted by molar-refractivity contribution is -0.134. The van der Waals surface area contributed by atoms with Gasteiger partial charge in [-0.25, -0.2) is 4.79 Å². The highest BCUT2D eigenvalue weighted by atomic mass is 16.5. The van der Waals surface area contributed by atoms with Crippen LogP contribution in [-0.2, 0) is 9.53 Å². The van der Waals surface area contributed by atoms with E-state index in [1.807, 2.05) is 36.4 Å². The predicted molar refractivity (Wildman–Crippen MR) is 83.0 cm³/mol. The lowest BCUT2D eigenvalue weighted by Crippen LogP contribution is -1.91. The molecular formula is C16H22O4. The average Bonchev–Trinajstić information content (AvgIpc) is 2.54. The summed E-state index contributed by atoms with van der Waals surface area (Å²) >= 11 is 0. The number of aliphatic hydroxyl groups excluding tert-OH is 2. The highest BCUT2D eigenvalue weighted by molar-refractivity contribution is 5.80. The minimum atomic E-state index is -0.394. The smallest absolute Gasteiger partial charge is 0.329 e. The molecule has 0 atom stereocenters. The molecule has 0 aliphatic rings. The van der Waals surface area contributed by atoms with Gasteiger partial charge in [-0.1, -0.05) is 56.2 Å². The highest BCUT2D eigenvalue weighted by Gasteiger charge is 1.84. The van der Waals surface area contributed by atoms with Gasteiger partial charge in [-0.3, -0.25) is 0 Å². The van der Waals surface area contributed by atoms with Gasteiger partial charge in [0, 0.05) is 6.08 Å². The first-order chi connectivity index (χ1) is 9.59. The second kappa shape index (κ2) is 14.9. The average molecular weight is 278 g/mol. The zero-order valence-electron chi connectivity index (χ0n) is 11.8. The third-order valence-electron chi connectivity index (χ3n) is 1.88. The molecule has 0 aliphatic carbocycles. The first-order valence-corrected chi connectivity index (χ1v) is 5.86. The molecule has 0 radical (unpaired) electrons. The molecule has 1 aromatic rings. The summed E-state index contributed by atoms with van der Waals surface area (Å²) in [7, 11) is 1.31. The van der Waals surface area contributed by atoms with Gasteiger partial charge in [-0.15, -0.1) is 0 Å². The van der Waals surface area contributed by atoms with Crippen LogP contribution in [-0.4, -0.2) is 36.5 Å². The van der Waals surface area contributed by atoms with Crippen LogP contribution < -0.4 is 0 Å². The number of methoxy groups -OCH3 is 1. The van der Waals surface area contributed by atoms with Crippen molar-refractivity contribution in [2.75, 3.05) is 20.3 Å². The molecule has 0 spiro atoms. The van der Waals surface area contributed by atoms with Crippen LogP contribution in [0.3, 0.4) is 0 Å². The van der Waals surface area contributed by atoms with E-state index in [9.17, 15) is 4.79 Å². The summed E-state index contributed by atoms with van der Waals surface area (Å²) in [5.41, 5.74) is 2.29. The van der Waals surface area contributed by atoms with E-state index in [2.05, 4.69) is 24.5 Å². The van der Waals surface area contributed by atoms with Crippen LogP contribution in [0, 0.1) is 0 Å². The van der Waals surface area contributed by atoms with Crippen LogP contribution in [0.5, 0.6) is 0 Å². The summed E-state index contributed by atoms with van der Waals surface area (Å²) in [4.78, 5) is 9.84. The van der Waals surface area contributed by atoms with Crippen molar-refractivity contribution in [3.8, 4) is 0 Å². The number of aliphatic hydroxyl groups is 2. The van der Waals surface area contributed by atoms with Crippen molar-refractivity contribution < 1.29 is 19.7 Å². The minimum absolute atomic E-state index is 0.125. The highest BCUT2D eigenvalue weighted by Crippen LogP contribution is 2.05. The molecule has 0 aliphatic heterocycles. The van der Waals surface area contributed by atoms with Crippen molar-refractivity contribution in [3.05, 3.63) is 61.2 Å². The number of carbonyl (C=O) groups excluding carboxylic acids is 1. The second-order valence-corrected chi connectivity index (χ2v) is 3.25. The van der Waals surface area contributed by atoms with Crippen molar-refractivity contribution in [1.29, 1.82) is 0 Å². The van der Waals surface area contributed by atoms with Gasteiger partial charge in [0.05, 0.1) is 20.3 Å². The van der Waals surface area contributed by atoms with Crippen molar-refractivity contribution >= 4 is 18.1 Å². The molecule has 110 valence electrons. The van der Waals surface area contributed by atoms with Gasteiger partial charge in [-0.05, 0) is 11.1 Å². The van der Waals surface area contributed by atoms with Crippen LogP contribution in [0.2, 0.25) is 0 Å². The topological polar surface area (TPSA) is 66.8 Å². The maximum absolute atomic E-state index is 9.84. The van der Waals surface area contributed by atoms with Crippen LogP contribution in [0.15, 0.2) is 50.1 Å². The first-order valence-electron chi connectivity index (χ1n) is 5.86. The fourth-order valence-electron chi connectivity index (χ4n) is 0.852. The molecule has 0 unspecified atom stereocenters. The summed E-state index contributed by atoms with van der Waals surface area (Å²) in [5.74, 6) is -0.394. The molecule has 2 N–H and O–H groups in total. The Labute approximate surface area is 120 Å². The standard InChI is InChI=1S/C10H10.C4H6O2.C2H6O2/c1-3-9-5-7-10(4-2)8-6-9;1-3-4(5)6-2;3-1-2-4/h3-8H,1-2H2;3H,1H2,2H3;3-4H,1-2H2. The van der Waals surface area contributed by atoms with E-state index < -0.39 is 5.97 Å². The van der Waals surface area contributed by atoms with E-state index >= 15 is 0 Å². The predicted octanol–water partition coefficient (Wildman–Crippen LogP) is 2.29. The molecule has 0 bridgehead atoms. The second-order valence-electron chi connectivity index (χ2n) is 3.25. The van der Waals surface area contributed by atoms with Gasteiger partial charge >= 0.3 is 5.97 Å². The monoisotopic (exact) mass is 278 g/mol. The SMILES string of the molecule is C=CC(=O)OC.C=Cc1ccc(C=C)cc1.OCCO. The number of esters is 1. The summed E-state index contributed by atoms with van der Waals surface area (Å²) in [6.07, 6.45) is 4.76. The van der Waals surface area contributed by atoms with Gasteiger partial charge in [-0.2, -0.15) is 0 Å². The third kappa shape index (κ3) is 12.3. The molecule has 20 heavy (non-hydrogen) atoms. The third-order valence-corrected chi connectivity index (χ3v) is 1.88. The zero-order chi connectivity index (χ0) is 15.8. The Balaban J connectivity index is 0. The van der Waals surface area contributed by atoms with Gasteiger partial charge in [0.25, 0.3) is 0 Å². The van der Waals surface area contributed by atoms with Crippen molar-refractivity contribution in [2.24, 2.45) is 0 Å². The fourth-order valence-corrected chi connectivity index (χ4v) is 0.852. The molecular weight excluding hydrogens is 256 g/mol. The molecule has 4 nitrogen and oxygen atoms in total. The maximum Gasteiger partial charge on any atom is 0.329 e. The number of carbonyl (C=O) groups is 1. The molecule has 0 fully saturated rings. The molecule has 0 saturated heterocycles. The number of hydrogen-bond acceptors (Lipinski definition) is 4. The Morgan fingerprint density at radius 3 is 1.50 bits per heavy atom. The molecule has 0 heterocycles. The first kappa shape index (κ1) is 20.2. The Bertz CT molecular complexity index is 364. The van der Waals surface area contributed by atoms with E-state index in [0.29, 0.717) is 0 Å². The van der Waals surface area contributed by atoms with Crippen molar-refractivity contribution in [1.82, 2.24) is 0 Å². The summed E-state index contributed by atoms with van der Waals surface area (Å²) in [5, 5.41) is 15.2. The maximum atomic E-state index is 9.84. The van der Waals surface area contributed by atoms with Crippen LogP contribution in [0.4, 0.5) is 0 Å². The minimum Gasteiger partial charge on any atom is -0.466 e. The van der Waals surface area contributed by atoms with Crippen molar-refractivity contribution in [2.45, 2.75) is 0 Å². The Kier molecular flexibility index (Phi) is 15.0. The van der Waals surface area contributed by atoms with Crippen LogP contribution in [0.25, 0.3) is 12.2 Å². The summed E-state index contributed by atoms with van der Waals surface area (Å²) in [6.45, 7) is 10.2. The quantitative estimate of drug-likeness (QED) is 0.655. The van der Waals surface area contributed by atoms with Crippen molar-refractivity contribution in [3.63, 3.8) is 0 Å². The normalized spacial score (nSPS) is 7.95. The number of hydrogen-bond donors (Lipinski definition) is 2. The van der Waals surface area contributed by atoms with E-state index in [-0.39, 0.29) is 13.2 Å². The van der Waals surface area contributed by atoms with Crippen LogP contribution in [0.1, 0.15) is 11.1 Å². The molecule has 0 saturated carbocycles. The van der Waals surface area contributed by atoms with E-state index in [1.54, 1.807) is 0 Å². The van der Waals surface area contributed by atoms with Gasteiger partial charge in [0.1, 0.15) is 0 Å². The molecule has 1 rings (SSSR count). The summed E-state index contributed by atoms with van der Waals surface area (Å²) in [6, 6.07) is 8.07. The van der Waals surface area contributed by atoms with E-state index in [1.165, 1.54) is 7.11 Å². The van der Waals surface area contributed by atoms with Gasteiger partial charge in [0.2, 0.25) is 0 Å². The number of ether oxygens (including phenoxy) is 1. The Morgan fingerprint density at radius 1 is 1.05 bits per heavy atom. The lowest BCUT2D eigenvalue weighted by Gasteiger charge is -1.92. The fraction of sp³-hybridized carbons (Fsp3) is 0.188. The van der Waals surface area contributed by atoms with E-state index in [4.69, 9.17) is 10.2 Å². The van der Waals surface area contributed by atoms with Crippen LogP contribution >= 0.6 is 0 Å². The summed E-state index contributed by atoms with van der Waals surface area (Å²) < 4.78 is 4.14. The Morgan fingerprint density at radius 2 is 1.40 bits per heavy atom. The van der Waals surface area contributed by atoms with Gasteiger partial charge in [0.15, 0.2) is 0 Å². The van der Waals surface area contributed by atoms with Gasteiger partial charge < -0.3 is 14.9 Å². The molecule has 4 heteroatoms. The lowest BCUT2D eigenvalue weighted by atomic mass is 10.1. The Hall–Kier alpha value is -2.17. The van der Waals surface area contributed by atoms with E-state index in [0.717, 1.165) is 17.2 Å².